The van der Waals surface area contributed by atoms with Gasteiger partial charge in [-0.15, -0.1) is 12.4 Å². The van der Waals surface area contributed by atoms with Gasteiger partial charge in [-0.25, -0.2) is 13.4 Å². The Kier molecular flexibility index (Phi) is 9.35. The van der Waals surface area contributed by atoms with Crippen LogP contribution in [-0.4, -0.2) is 64.0 Å². The van der Waals surface area contributed by atoms with Gasteiger partial charge in [-0.3, -0.25) is 14.0 Å². The first-order valence-electron chi connectivity index (χ1n) is 13.0. The van der Waals surface area contributed by atoms with Gasteiger partial charge in [-0.2, -0.15) is 0 Å². The topological polar surface area (TPSA) is 83.1 Å². The number of carbonyl (C=O) groups is 1. The monoisotopic (exact) mass is 600 g/mol. The number of nitrogens with zero attached hydrogens (tertiary/aromatic N) is 4. The summed E-state index contributed by atoms with van der Waals surface area (Å²) in [6.07, 6.45) is 0.682. The fraction of sp³-hybridized carbons (Fsp3) is 0.310. The Labute approximate surface area is 245 Å². The van der Waals surface area contributed by atoms with Crippen LogP contribution in [0.25, 0.3) is 10.2 Å². The largest absolute Gasteiger partial charge is 0.497 e. The zero-order chi connectivity index (χ0) is 27.6. The van der Waals surface area contributed by atoms with Crippen molar-refractivity contribution in [3.63, 3.8) is 0 Å². The third-order valence-corrected chi connectivity index (χ3v) is 10.0. The second kappa shape index (κ2) is 12.6. The van der Waals surface area contributed by atoms with Gasteiger partial charge in [0, 0.05) is 31.3 Å². The van der Waals surface area contributed by atoms with E-state index in [0.717, 1.165) is 28.9 Å². The van der Waals surface area contributed by atoms with Gasteiger partial charge in [-0.05, 0) is 67.5 Å². The molecule has 0 unspecified atom stereocenters. The van der Waals surface area contributed by atoms with Crippen molar-refractivity contribution in [1.82, 2.24) is 9.88 Å². The van der Waals surface area contributed by atoms with E-state index in [0.29, 0.717) is 48.2 Å². The van der Waals surface area contributed by atoms with Crippen LogP contribution in [0.4, 0.5) is 10.8 Å². The molecule has 0 fully saturated rings. The van der Waals surface area contributed by atoms with Crippen molar-refractivity contribution in [2.24, 2.45) is 0 Å². The van der Waals surface area contributed by atoms with E-state index < -0.39 is 10.0 Å². The van der Waals surface area contributed by atoms with E-state index in [1.165, 1.54) is 27.8 Å². The lowest BCUT2D eigenvalue weighted by Crippen LogP contribution is -2.39. The number of para-hydroxylation sites is 1. The van der Waals surface area contributed by atoms with E-state index in [1.54, 1.807) is 24.1 Å². The van der Waals surface area contributed by atoms with Gasteiger partial charge < -0.3 is 9.64 Å². The average Bonchev–Trinajstić information content (AvgIpc) is 3.59. The van der Waals surface area contributed by atoms with Gasteiger partial charge in [0.15, 0.2) is 5.13 Å². The molecule has 0 N–H and O–H groups in total. The van der Waals surface area contributed by atoms with Gasteiger partial charge in [0.25, 0.3) is 15.9 Å². The lowest BCUT2D eigenvalue weighted by molar-refractivity contribution is 0.0983. The maximum atomic E-state index is 13.8. The Balaban J connectivity index is 0.00000370. The molecule has 0 saturated carbocycles. The highest BCUT2D eigenvalue weighted by atomic mass is 35.5. The molecule has 212 valence electrons. The first kappa shape index (κ1) is 29.8. The zero-order valence-corrected chi connectivity index (χ0v) is 25.2. The number of anilines is 2. The maximum absolute atomic E-state index is 13.8. The van der Waals surface area contributed by atoms with Gasteiger partial charge in [-0.1, -0.05) is 43.4 Å². The number of benzene rings is 3. The summed E-state index contributed by atoms with van der Waals surface area (Å²) >= 11 is 1.45. The molecule has 0 atom stereocenters. The molecule has 40 heavy (non-hydrogen) atoms. The van der Waals surface area contributed by atoms with Crippen molar-refractivity contribution in [2.45, 2.75) is 25.2 Å². The number of thiazole rings is 1. The van der Waals surface area contributed by atoms with E-state index in [2.05, 4.69) is 18.7 Å². The molecule has 0 saturated heterocycles. The first-order chi connectivity index (χ1) is 18.8. The number of methoxy groups -OCH3 is 1. The van der Waals surface area contributed by atoms with Crippen LogP contribution in [0.1, 0.15) is 29.8 Å². The molecule has 1 aliphatic rings. The standard InChI is InChI=1S/C29H32N4O4S2.ClH/c1-4-31(5-2)18-19-32(29-30-25-20-23(37-3)12-15-27(25)38-29)28(34)22-10-13-24(14-11-22)39(35,36)33-17-16-21-8-6-7-9-26(21)33;/h6-15,20H,4-5,16-19H2,1-3H3;1H. The molecular weight excluding hydrogens is 568 g/mol. The Morgan fingerprint density at radius 3 is 2.45 bits per heavy atom. The van der Waals surface area contributed by atoms with E-state index in [-0.39, 0.29) is 23.2 Å². The molecule has 0 aliphatic carbocycles. The third kappa shape index (κ3) is 5.81. The summed E-state index contributed by atoms with van der Waals surface area (Å²) in [6.45, 7) is 7.50. The van der Waals surface area contributed by atoms with Crippen LogP contribution in [0.2, 0.25) is 0 Å². The number of amides is 1. The number of likely N-dealkylation sites (N-methyl/N-ethyl adjacent to an activating group) is 1. The van der Waals surface area contributed by atoms with Crippen LogP contribution in [0.15, 0.2) is 71.6 Å². The van der Waals surface area contributed by atoms with Gasteiger partial charge in [0.2, 0.25) is 0 Å². The summed E-state index contributed by atoms with van der Waals surface area (Å²) in [4.78, 5) is 22.7. The Hall–Kier alpha value is -3.18. The van der Waals surface area contributed by atoms with Crippen molar-refractivity contribution in [1.29, 1.82) is 0 Å². The summed E-state index contributed by atoms with van der Waals surface area (Å²) in [7, 11) is -2.13. The quantitative estimate of drug-likeness (QED) is 0.240. The number of carbonyl (C=O) groups excluding carboxylic acids is 1. The number of ether oxygens (including phenoxy) is 1. The number of rotatable bonds is 10. The molecule has 0 bridgehead atoms. The fourth-order valence-corrected chi connectivity index (χ4v) is 7.29. The third-order valence-electron chi connectivity index (χ3n) is 7.13. The molecular formula is C29H33ClN4O4S2. The maximum Gasteiger partial charge on any atom is 0.264 e. The number of hydrogen-bond acceptors (Lipinski definition) is 7. The fourth-order valence-electron chi connectivity index (χ4n) is 4.81. The lowest BCUT2D eigenvalue weighted by Gasteiger charge is -2.25. The van der Waals surface area contributed by atoms with Gasteiger partial charge >= 0.3 is 0 Å². The van der Waals surface area contributed by atoms with Crippen molar-refractivity contribution >= 4 is 60.7 Å². The van der Waals surface area contributed by atoms with Crippen LogP contribution in [0.3, 0.4) is 0 Å². The highest BCUT2D eigenvalue weighted by molar-refractivity contribution is 7.92. The molecule has 2 heterocycles. The molecule has 5 rings (SSSR count). The van der Waals surface area contributed by atoms with Crippen molar-refractivity contribution in [3.8, 4) is 5.75 Å². The number of aromatic nitrogens is 1. The number of sulfonamides is 1. The smallest absolute Gasteiger partial charge is 0.264 e. The SMILES string of the molecule is CCN(CC)CCN(C(=O)c1ccc(S(=O)(=O)N2CCc3ccccc32)cc1)c1nc2cc(OC)ccc2s1.Cl. The number of hydrogen-bond donors (Lipinski definition) is 0. The van der Waals surface area contributed by atoms with Gasteiger partial charge in [0.05, 0.1) is 27.9 Å². The van der Waals surface area contributed by atoms with Crippen LogP contribution < -0.4 is 13.9 Å². The van der Waals surface area contributed by atoms with Crippen LogP contribution in [0, 0.1) is 0 Å². The lowest BCUT2D eigenvalue weighted by atomic mass is 10.2. The minimum absolute atomic E-state index is 0. The van der Waals surface area contributed by atoms with Crippen molar-refractivity contribution in [3.05, 3.63) is 77.9 Å². The zero-order valence-electron chi connectivity index (χ0n) is 22.7. The number of halogens is 1. The predicted molar refractivity (Wildman–Crippen MR) is 164 cm³/mol. The van der Waals surface area contributed by atoms with E-state index in [4.69, 9.17) is 9.72 Å². The predicted octanol–water partition coefficient (Wildman–Crippen LogP) is 5.47. The molecule has 1 aliphatic heterocycles. The van der Waals surface area contributed by atoms with Gasteiger partial charge in [0.1, 0.15) is 5.75 Å². The van der Waals surface area contributed by atoms with E-state index >= 15 is 0 Å². The first-order valence-corrected chi connectivity index (χ1v) is 15.3. The highest BCUT2D eigenvalue weighted by Gasteiger charge is 2.31. The summed E-state index contributed by atoms with van der Waals surface area (Å²) in [5, 5.41) is 0.598. The van der Waals surface area contributed by atoms with Crippen LogP contribution in [0.5, 0.6) is 5.75 Å². The molecule has 1 amide bonds. The second-order valence-corrected chi connectivity index (χ2v) is 12.2. The Bertz CT molecular complexity index is 1590. The van der Waals surface area contributed by atoms with E-state index in [9.17, 15) is 13.2 Å². The van der Waals surface area contributed by atoms with Crippen LogP contribution in [-0.2, 0) is 16.4 Å². The summed E-state index contributed by atoms with van der Waals surface area (Å²) < 4.78 is 34.6. The molecule has 3 aromatic carbocycles. The molecule has 4 aromatic rings. The Morgan fingerprint density at radius 2 is 1.75 bits per heavy atom. The molecule has 0 radical (unpaired) electrons. The number of fused-ring (bicyclic) bond motifs is 2. The summed E-state index contributed by atoms with van der Waals surface area (Å²) in [6, 6.07) is 19.5. The van der Waals surface area contributed by atoms with Crippen molar-refractivity contribution < 1.29 is 17.9 Å². The van der Waals surface area contributed by atoms with Crippen LogP contribution >= 0.6 is 23.7 Å². The normalized spacial score (nSPS) is 12.8. The molecule has 1 aromatic heterocycles. The molecule has 8 nitrogen and oxygen atoms in total. The second-order valence-electron chi connectivity index (χ2n) is 9.29. The Morgan fingerprint density at radius 1 is 1.02 bits per heavy atom. The molecule has 0 spiro atoms. The molecule has 11 heteroatoms. The van der Waals surface area contributed by atoms with E-state index in [1.807, 2.05) is 42.5 Å². The summed E-state index contributed by atoms with van der Waals surface area (Å²) in [5.41, 5.74) is 2.91. The highest BCUT2D eigenvalue weighted by Crippen LogP contribution is 2.34. The minimum atomic E-state index is -3.74. The average molecular weight is 601 g/mol. The minimum Gasteiger partial charge on any atom is -0.497 e. The van der Waals surface area contributed by atoms with Crippen molar-refractivity contribution in [2.75, 3.05) is 49.0 Å². The summed E-state index contributed by atoms with van der Waals surface area (Å²) in [5.74, 6) is 0.487.